The first-order valence-electron chi connectivity index (χ1n) is 3.22. The Bertz CT molecular complexity index is 277. The van der Waals surface area contributed by atoms with Crippen LogP contribution in [0.3, 0.4) is 0 Å². The summed E-state index contributed by atoms with van der Waals surface area (Å²) in [5, 5.41) is 17.8. The molecule has 1 unspecified atom stereocenters. The molecule has 5 heteroatoms. The van der Waals surface area contributed by atoms with Gasteiger partial charge in [0.25, 0.3) is 0 Å². The van der Waals surface area contributed by atoms with Gasteiger partial charge in [-0.1, -0.05) is 0 Å². The molecule has 0 fully saturated rings. The smallest absolute Gasteiger partial charge is 0.167 e. The van der Waals surface area contributed by atoms with Crippen molar-refractivity contribution in [1.82, 2.24) is 0 Å². The molecule has 2 N–H and O–H groups in total. The number of quaternary nitrogens is 1. The fraction of sp³-hybridized carbons (Fsp3) is 0.143. The number of methoxy groups -OCH3 is 1. The average Bonchev–Trinajstić information content (AvgIpc) is 2.05. The average molecular weight is 173 g/mol. The molecule has 1 rings (SSSR count). The van der Waals surface area contributed by atoms with E-state index in [9.17, 15) is 9.60 Å². The zero-order valence-corrected chi connectivity index (χ0v) is 6.37. The fourth-order valence-electron chi connectivity index (χ4n) is 0.793. The summed E-state index contributed by atoms with van der Waals surface area (Å²) in [6, 6.07) is 3.38. The molecule has 0 radical (unpaired) electrons. The summed E-state index contributed by atoms with van der Waals surface area (Å²) in [4.78, 5) is 0. The molecule has 0 aliphatic rings. The van der Waals surface area contributed by atoms with Crippen molar-refractivity contribution < 1.29 is 19.6 Å². The van der Waals surface area contributed by atoms with Gasteiger partial charge in [-0.3, -0.25) is 0 Å². The largest absolute Gasteiger partial charge is 0.595 e. The molecule has 0 aromatic heterocycles. The van der Waals surface area contributed by atoms with Gasteiger partial charge in [0, 0.05) is 12.1 Å². The summed E-state index contributed by atoms with van der Waals surface area (Å²) in [7, 11) is 1.28. The standard InChI is InChI=1S/C7H8FNO3/c1-12-7-4-5(9(10)11)2-3-6(7)8/h2-4,9-10H,1H3. The van der Waals surface area contributed by atoms with Gasteiger partial charge in [0.05, 0.1) is 7.11 Å². The van der Waals surface area contributed by atoms with Gasteiger partial charge < -0.3 is 9.94 Å². The maximum atomic E-state index is 12.7. The molecule has 0 aliphatic carbocycles. The van der Waals surface area contributed by atoms with Gasteiger partial charge in [-0.15, -0.1) is 0 Å². The van der Waals surface area contributed by atoms with E-state index in [1.54, 1.807) is 0 Å². The van der Waals surface area contributed by atoms with E-state index in [0.29, 0.717) is 0 Å². The summed E-state index contributed by atoms with van der Waals surface area (Å²) >= 11 is 0. The first-order chi connectivity index (χ1) is 5.65. The quantitative estimate of drug-likeness (QED) is 0.630. The van der Waals surface area contributed by atoms with E-state index in [1.807, 2.05) is 0 Å². The summed E-state index contributed by atoms with van der Waals surface area (Å²) in [5.74, 6) is -0.627. The number of hydrogen-bond acceptors (Lipinski definition) is 3. The molecule has 0 heterocycles. The molecule has 4 nitrogen and oxygen atoms in total. The van der Waals surface area contributed by atoms with Crippen molar-refractivity contribution in [2.45, 2.75) is 0 Å². The number of hydrogen-bond donors (Lipinski definition) is 2. The number of rotatable bonds is 2. The molecule has 0 bridgehead atoms. The van der Waals surface area contributed by atoms with Gasteiger partial charge in [0.1, 0.15) is 0 Å². The Labute approximate surface area is 68.3 Å². The summed E-state index contributed by atoms with van der Waals surface area (Å²) in [5.41, 5.74) is 0.00764. The molecule has 1 aromatic carbocycles. The predicted molar refractivity (Wildman–Crippen MR) is 38.7 cm³/mol. The lowest BCUT2D eigenvalue weighted by atomic mass is 10.3. The predicted octanol–water partition coefficient (Wildman–Crippen LogP) is 0.238. The van der Waals surface area contributed by atoms with Crippen molar-refractivity contribution in [1.29, 1.82) is 0 Å². The molecule has 0 spiro atoms. The first kappa shape index (κ1) is 8.92. The topological polar surface area (TPSA) is 57.0 Å². The molecule has 0 aliphatic heterocycles. The summed E-state index contributed by atoms with van der Waals surface area (Å²) in [6.07, 6.45) is 0. The third kappa shape index (κ3) is 1.70. The minimum Gasteiger partial charge on any atom is -0.595 e. The molecule has 1 atom stereocenters. The Morgan fingerprint density at radius 3 is 2.75 bits per heavy atom. The van der Waals surface area contributed by atoms with E-state index in [1.165, 1.54) is 13.2 Å². The first-order valence-corrected chi connectivity index (χ1v) is 3.22. The Morgan fingerprint density at radius 1 is 1.58 bits per heavy atom. The molecule has 1 aromatic rings. The van der Waals surface area contributed by atoms with Crippen LogP contribution in [-0.4, -0.2) is 12.3 Å². The Morgan fingerprint density at radius 2 is 2.25 bits per heavy atom. The number of benzene rings is 1. The van der Waals surface area contributed by atoms with E-state index in [-0.39, 0.29) is 11.4 Å². The normalized spacial score (nSPS) is 12.7. The van der Waals surface area contributed by atoms with Gasteiger partial charge in [0.2, 0.25) is 0 Å². The minimum absolute atomic E-state index is 0.00764. The highest BCUT2D eigenvalue weighted by Gasteiger charge is 2.06. The van der Waals surface area contributed by atoms with Gasteiger partial charge >= 0.3 is 0 Å². The highest BCUT2D eigenvalue weighted by Crippen LogP contribution is 2.18. The molecule has 0 saturated carbocycles. The van der Waals surface area contributed by atoms with Crippen LogP contribution in [0.2, 0.25) is 0 Å². The zero-order chi connectivity index (χ0) is 9.14. The molecule has 66 valence electrons. The van der Waals surface area contributed by atoms with Gasteiger partial charge in [0.15, 0.2) is 17.3 Å². The van der Waals surface area contributed by atoms with Crippen molar-refractivity contribution in [2.75, 3.05) is 7.11 Å². The lowest BCUT2D eigenvalue weighted by molar-refractivity contribution is -0.991. The third-order valence-corrected chi connectivity index (χ3v) is 1.40. The van der Waals surface area contributed by atoms with Gasteiger partial charge in [-0.25, -0.2) is 9.60 Å². The van der Waals surface area contributed by atoms with E-state index in [4.69, 9.17) is 5.21 Å². The van der Waals surface area contributed by atoms with Gasteiger partial charge in [-0.2, -0.15) is 5.23 Å². The monoisotopic (exact) mass is 173 g/mol. The van der Waals surface area contributed by atoms with Crippen LogP contribution in [0, 0.1) is 11.0 Å². The SMILES string of the molecule is COc1cc([NH+]([O-])O)ccc1F. The molecule has 0 amide bonds. The Hall–Kier alpha value is -1.17. The van der Waals surface area contributed by atoms with E-state index >= 15 is 0 Å². The maximum Gasteiger partial charge on any atom is 0.167 e. The van der Waals surface area contributed by atoms with Crippen LogP contribution in [0.1, 0.15) is 0 Å². The maximum absolute atomic E-state index is 12.7. The van der Waals surface area contributed by atoms with E-state index in [2.05, 4.69) is 4.74 Å². The van der Waals surface area contributed by atoms with E-state index in [0.717, 1.165) is 12.1 Å². The van der Waals surface area contributed by atoms with Crippen LogP contribution in [-0.2, 0) is 0 Å². The van der Waals surface area contributed by atoms with Crippen LogP contribution in [0.4, 0.5) is 10.1 Å². The van der Waals surface area contributed by atoms with Crippen molar-refractivity contribution >= 4 is 5.69 Å². The summed E-state index contributed by atoms with van der Waals surface area (Å²) in [6.45, 7) is 0. The van der Waals surface area contributed by atoms with Crippen LogP contribution < -0.4 is 9.96 Å². The van der Waals surface area contributed by atoms with Crippen LogP contribution in [0.5, 0.6) is 5.75 Å². The molecular formula is C7H8FNO3. The zero-order valence-electron chi connectivity index (χ0n) is 6.37. The van der Waals surface area contributed by atoms with E-state index < -0.39 is 11.0 Å². The lowest BCUT2D eigenvalue weighted by Crippen LogP contribution is -2.99. The lowest BCUT2D eigenvalue weighted by Gasteiger charge is -2.12. The van der Waals surface area contributed by atoms with Crippen LogP contribution in [0.25, 0.3) is 0 Å². The van der Waals surface area contributed by atoms with Gasteiger partial charge in [-0.05, 0) is 6.07 Å². The van der Waals surface area contributed by atoms with Crippen molar-refractivity contribution in [3.05, 3.63) is 29.2 Å². The third-order valence-electron chi connectivity index (χ3n) is 1.40. The number of nitrogens with one attached hydrogen (secondary N) is 1. The fourth-order valence-corrected chi connectivity index (χ4v) is 0.793. The number of halogens is 1. The van der Waals surface area contributed by atoms with Crippen LogP contribution in [0.15, 0.2) is 18.2 Å². The highest BCUT2D eigenvalue weighted by molar-refractivity contribution is 5.38. The summed E-state index contributed by atoms with van der Waals surface area (Å²) < 4.78 is 17.3. The molecular weight excluding hydrogens is 165 g/mol. The van der Waals surface area contributed by atoms with Crippen molar-refractivity contribution in [3.63, 3.8) is 0 Å². The van der Waals surface area contributed by atoms with Crippen LogP contribution >= 0.6 is 0 Å². The number of ether oxygens (including phenoxy) is 1. The second kappa shape index (κ2) is 3.48. The minimum atomic E-state index is -1.10. The van der Waals surface area contributed by atoms with Crippen molar-refractivity contribution in [3.8, 4) is 5.75 Å². The molecule has 0 saturated heterocycles. The van der Waals surface area contributed by atoms with Crippen molar-refractivity contribution in [2.24, 2.45) is 0 Å². The molecule has 12 heavy (non-hydrogen) atoms. The Kier molecular flexibility index (Phi) is 2.59. The highest BCUT2D eigenvalue weighted by atomic mass is 19.1. The Balaban J connectivity index is 3.05. The second-order valence-corrected chi connectivity index (χ2v) is 2.15. The second-order valence-electron chi connectivity index (χ2n) is 2.15.